The van der Waals surface area contributed by atoms with E-state index in [1.165, 1.54) is 24.1 Å². The van der Waals surface area contributed by atoms with Crippen molar-refractivity contribution in [3.63, 3.8) is 0 Å². The van der Waals surface area contributed by atoms with Gasteiger partial charge in [0, 0.05) is 31.4 Å². The van der Waals surface area contributed by atoms with Gasteiger partial charge < -0.3 is 15.3 Å². The van der Waals surface area contributed by atoms with E-state index in [-0.39, 0.29) is 0 Å². The van der Waals surface area contributed by atoms with Crippen LogP contribution in [0.1, 0.15) is 44.6 Å². The van der Waals surface area contributed by atoms with Crippen LogP contribution >= 0.6 is 0 Å². The van der Waals surface area contributed by atoms with Gasteiger partial charge in [0.2, 0.25) is 0 Å². The van der Waals surface area contributed by atoms with Gasteiger partial charge in [0.05, 0.1) is 5.60 Å². The Morgan fingerprint density at radius 1 is 1.25 bits per heavy atom. The molecule has 0 amide bonds. The van der Waals surface area contributed by atoms with E-state index in [0.29, 0.717) is 0 Å². The fraction of sp³-hybridized carbons (Fsp3) is 0.647. The van der Waals surface area contributed by atoms with Crippen LogP contribution in [-0.4, -0.2) is 29.8 Å². The highest BCUT2D eigenvalue weighted by Gasteiger charge is 2.26. The Balaban J connectivity index is 1.71. The van der Waals surface area contributed by atoms with E-state index in [0.717, 1.165) is 44.9 Å². The third-order valence-electron chi connectivity index (χ3n) is 4.55. The molecule has 20 heavy (non-hydrogen) atoms. The molecule has 2 N–H and O–H groups in total. The molecule has 1 saturated carbocycles. The van der Waals surface area contributed by atoms with Crippen molar-refractivity contribution < 1.29 is 5.11 Å². The summed E-state index contributed by atoms with van der Waals surface area (Å²) in [4.78, 5) is 2.45. The largest absolute Gasteiger partial charge is 0.390 e. The van der Waals surface area contributed by atoms with Crippen molar-refractivity contribution in [2.24, 2.45) is 0 Å². The van der Waals surface area contributed by atoms with Gasteiger partial charge in [0.15, 0.2) is 0 Å². The molecule has 3 heteroatoms. The van der Waals surface area contributed by atoms with Crippen LogP contribution in [0.4, 0.5) is 5.69 Å². The summed E-state index contributed by atoms with van der Waals surface area (Å²) in [5.74, 6) is 0. The summed E-state index contributed by atoms with van der Waals surface area (Å²) >= 11 is 0. The normalized spacial score (nSPS) is 27.4. The monoisotopic (exact) mass is 274 g/mol. The maximum absolute atomic E-state index is 10.2. The third-order valence-corrected chi connectivity index (χ3v) is 4.55. The van der Waals surface area contributed by atoms with Gasteiger partial charge in [0.25, 0.3) is 0 Å². The summed E-state index contributed by atoms with van der Waals surface area (Å²) in [6, 6.07) is 9.45. The molecule has 0 aromatic heterocycles. The summed E-state index contributed by atoms with van der Waals surface area (Å²) in [6.45, 7) is 4.94. The average molecular weight is 274 g/mol. The van der Waals surface area contributed by atoms with E-state index in [9.17, 15) is 5.11 Å². The van der Waals surface area contributed by atoms with Crippen molar-refractivity contribution in [2.75, 3.05) is 18.0 Å². The summed E-state index contributed by atoms with van der Waals surface area (Å²) < 4.78 is 0. The van der Waals surface area contributed by atoms with Crippen molar-refractivity contribution in [3.05, 3.63) is 29.8 Å². The molecule has 0 spiro atoms. The molecule has 2 aliphatic rings. The summed E-state index contributed by atoms with van der Waals surface area (Å²) in [6.07, 6.45) is 5.49. The zero-order valence-corrected chi connectivity index (χ0v) is 12.4. The molecular weight excluding hydrogens is 248 g/mol. The SMILES string of the molecule is CC1(O)CCCN(c2ccccc2CNC2CC2)CC1. The fourth-order valence-electron chi connectivity index (χ4n) is 3.01. The van der Waals surface area contributed by atoms with E-state index in [2.05, 4.69) is 34.5 Å². The minimum atomic E-state index is -0.490. The lowest BCUT2D eigenvalue weighted by atomic mass is 9.98. The number of aliphatic hydroxyl groups is 1. The van der Waals surface area contributed by atoms with Crippen molar-refractivity contribution in [1.29, 1.82) is 0 Å². The zero-order valence-electron chi connectivity index (χ0n) is 12.4. The van der Waals surface area contributed by atoms with E-state index in [1.807, 2.05) is 6.92 Å². The molecule has 1 aliphatic heterocycles. The lowest BCUT2D eigenvalue weighted by Gasteiger charge is -2.26. The van der Waals surface area contributed by atoms with Gasteiger partial charge in [-0.3, -0.25) is 0 Å². The quantitative estimate of drug-likeness (QED) is 0.886. The maximum atomic E-state index is 10.2. The number of para-hydroxylation sites is 1. The maximum Gasteiger partial charge on any atom is 0.0637 e. The Kier molecular flexibility index (Phi) is 3.99. The number of rotatable bonds is 4. The molecule has 1 heterocycles. The molecule has 1 saturated heterocycles. The van der Waals surface area contributed by atoms with Gasteiger partial charge in [0.1, 0.15) is 0 Å². The Hall–Kier alpha value is -1.06. The molecule has 3 rings (SSSR count). The minimum absolute atomic E-state index is 0.490. The van der Waals surface area contributed by atoms with E-state index >= 15 is 0 Å². The summed E-state index contributed by atoms with van der Waals surface area (Å²) in [5, 5.41) is 13.8. The van der Waals surface area contributed by atoms with Gasteiger partial charge in [-0.15, -0.1) is 0 Å². The van der Waals surface area contributed by atoms with E-state index < -0.39 is 5.60 Å². The molecular formula is C17H26N2O. The van der Waals surface area contributed by atoms with Crippen LogP contribution in [-0.2, 0) is 6.54 Å². The lowest BCUT2D eigenvalue weighted by Crippen LogP contribution is -2.29. The molecule has 0 radical (unpaired) electrons. The summed E-state index contributed by atoms with van der Waals surface area (Å²) in [5.41, 5.74) is 2.25. The van der Waals surface area contributed by atoms with Gasteiger partial charge in [-0.2, -0.15) is 0 Å². The molecule has 0 bridgehead atoms. The van der Waals surface area contributed by atoms with Gasteiger partial charge in [-0.05, 0) is 50.7 Å². The first kappa shape index (κ1) is 13.9. The standard InChI is InChI=1S/C17H26N2O/c1-17(20)9-4-11-19(12-10-17)16-6-3-2-5-14(16)13-18-15-7-8-15/h2-3,5-6,15,18,20H,4,7-13H2,1H3. The second-order valence-electron chi connectivity index (χ2n) is 6.62. The van der Waals surface area contributed by atoms with Gasteiger partial charge in [-0.25, -0.2) is 0 Å². The first-order chi connectivity index (χ1) is 9.64. The molecule has 1 aliphatic carbocycles. The van der Waals surface area contributed by atoms with Crippen LogP contribution in [0.15, 0.2) is 24.3 Å². The lowest BCUT2D eigenvalue weighted by molar-refractivity contribution is 0.0481. The Bertz CT molecular complexity index is 454. The highest BCUT2D eigenvalue weighted by molar-refractivity contribution is 5.53. The van der Waals surface area contributed by atoms with Crippen molar-refractivity contribution in [3.8, 4) is 0 Å². The Morgan fingerprint density at radius 3 is 2.85 bits per heavy atom. The third kappa shape index (κ3) is 3.53. The Morgan fingerprint density at radius 2 is 2.05 bits per heavy atom. The number of hydrogen-bond donors (Lipinski definition) is 2. The van der Waals surface area contributed by atoms with Crippen LogP contribution in [0.25, 0.3) is 0 Å². The van der Waals surface area contributed by atoms with Crippen molar-refractivity contribution >= 4 is 5.69 Å². The number of nitrogens with one attached hydrogen (secondary N) is 1. The fourth-order valence-corrected chi connectivity index (χ4v) is 3.01. The highest BCUT2D eigenvalue weighted by Crippen LogP contribution is 2.28. The van der Waals surface area contributed by atoms with Crippen LogP contribution in [0.5, 0.6) is 0 Å². The first-order valence-corrected chi connectivity index (χ1v) is 7.93. The van der Waals surface area contributed by atoms with Crippen molar-refractivity contribution in [2.45, 2.75) is 57.2 Å². The number of anilines is 1. The van der Waals surface area contributed by atoms with Crippen LogP contribution in [0.2, 0.25) is 0 Å². The second-order valence-corrected chi connectivity index (χ2v) is 6.62. The topological polar surface area (TPSA) is 35.5 Å². The van der Waals surface area contributed by atoms with Crippen LogP contribution in [0, 0.1) is 0 Å². The van der Waals surface area contributed by atoms with Crippen LogP contribution < -0.4 is 10.2 Å². The van der Waals surface area contributed by atoms with Gasteiger partial charge >= 0.3 is 0 Å². The van der Waals surface area contributed by atoms with Crippen LogP contribution in [0.3, 0.4) is 0 Å². The smallest absolute Gasteiger partial charge is 0.0637 e. The molecule has 1 aromatic carbocycles. The predicted octanol–water partition coefficient (Wildman–Crippen LogP) is 2.68. The molecule has 3 nitrogen and oxygen atoms in total. The number of nitrogens with zero attached hydrogens (tertiary/aromatic N) is 1. The molecule has 2 fully saturated rings. The second kappa shape index (κ2) is 5.74. The first-order valence-electron chi connectivity index (χ1n) is 7.93. The summed E-state index contributed by atoms with van der Waals surface area (Å²) in [7, 11) is 0. The van der Waals surface area contributed by atoms with Gasteiger partial charge in [-0.1, -0.05) is 18.2 Å². The van der Waals surface area contributed by atoms with Crippen molar-refractivity contribution in [1.82, 2.24) is 5.32 Å². The number of benzene rings is 1. The highest BCUT2D eigenvalue weighted by atomic mass is 16.3. The van der Waals surface area contributed by atoms with E-state index in [4.69, 9.17) is 0 Å². The molecule has 1 aromatic rings. The minimum Gasteiger partial charge on any atom is -0.390 e. The predicted molar refractivity (Wildman–Crippen MR) is 83.0 cm³/mol. The Labute approximate surface area is 122 Å². The molecule has 1 atom stereocenters. The average Bonchev–Trinajstić information content (AvgIpc) is 3.25. The molecule has 110 valence electrons. The number of hydrogen-bond acceptors (Lipinski definition) is 3. The molecule has 1 unspecified atom stereocenters. The van der Waals surface area contributed by atoms with E-state index in [1.54, 1.807) is 0 Å². The zero-order chi connectivity index (χ0) is 14.0.